The molecule has 2 N–H and O–H groups in total. The highest BCUT2D eigenvalue weighted by molar-refractivity contribution is 8.00. The van der Waals surface area contributed by atoms with Crippen LogP contribution < -0.4 is 5.73 Å². The molecule has 1 aromatic heterocycles. The lowest BCUT2D eigenvalue weighted by atomic mass is 10.0. The molecule has 2 aromatic rings. The van der Waals surface area contributed by atoms with Crippen LogP contribution in [0.15, 0.2) is 35.4 Å². The summed E-state index contributed by atoms with van der Waals surface area (Å²) in [6, 6.07) is 8.22. The third-order valence-electron chi connectivity index (χ3n) is 3.63. The predicted octanol–water partition coefficient (Wildman–Crippen LogP) is 4.24. The molecule has 0 bridgehead atoms. The van der Waals surface area contributed by atoms with Crippen molar-refractivity contribution in [3.8, 4) is 0 Å². The zero-order chi connectivity index (χ0) is 12.4. The molecule has 0 amide bonds. The second-order valence-electron chi connectivity index (χ2n) is 4.93. The van der Waals surface area contributed by atoms with Gasteiger partial charge in [-0.1, -0.05) is 19.3 Å². The molecule has 0 atom stereocenters. The van der Waals surface area contributed by atoms with Crippen molar-refractivity contribution in [1.29, 1.82) is 0 Å². The Labute approximate surface area is 112 Å². The van der Waals surface area contributed by atoms with Crippen LogP contribution in [0.3, 0.4) is 0 Å². The van der Waals surface area contributed by atoms with Crippen LogP contribution in [0.2, 0.25) is 0 Å². The molecule has 2 nitrogen and oxygen atoms in total. The molecule has 94 valence electrons. The van der Waals surface area contributed by atoms with Crippen LogP contribution in [0.4, 0.5) is 5.69 Å². The third kappa shape index (κ3) is 2.32. The zero-order valence-corrected chi connectivity index (χ0v) is 11.2. The van der Waals surface area contributed by atoms with Gasteiger partial charge in [-0.05, 0) is 37.1 Å². The molecule has 1 fully saturated rings. The standard InChI is InChI=1S/C15H18N2S/c16-15-12-7-4-10-17-13(12)8-9-14(15)18-11-5-2-1-3-6-11/h4,7-11H,1-3,5-6,16H2. The lowest BCUT2D eigenvalue weighted by Gasteiger charge is -2.21. The van der Waals surface area contributed by atoms with Crippen LogP contribution in [0.5, 0.6) is 0 Å². The number of pyridine rings is 1. The van der Waals surface area contributed by atoms with Gasteiger partial charge in [-0.25, -0.2) is 0 Å². The van der Waals surface area contributed by atoms with E-state index in [2.05, 4.69) is 23.2 Å². The summed E-state index contributed by atoms with van der Waals surface area (Å²) < 4.78 is 0. The Morgan fingerprint density at radius 1 is 1.11 bits per heavy atom. The predicted molar refractivity (Wildman–Crippen MR) is 78.9 cm³/mol. The van der Waals surface area contributed by atoms with Gasteiger partial charge in [-0.3, -0.25) is 4.98 Å². The molecule has 0 spiro atoms. The topological polar surface area (TPSA) is 38.9 Å². The van der Waals surface area contributed by atoms with Gasteiger partial charge in [0, 0.05) is 21.7 Å². The van der Waals surface area contributed by atoms with Gasteiger partial charge in [0.2, 0.25) is 0 Å². The van der Waals surface area contributed by atoms with Crippen molar-refractivity contribution in [3.63, 3.8) is 0 Å². The van der Waals surface area contributed by atoms with Gasteiger partial charge in [0.1, 0.15) is 0 Å². The van der Waals surface area contributed by atoms with Crippen LogP contribution >= 0.6 is 11.8 Å². The molecular formula is C15H18N2S. The number of nitrogen functional groups attached to an aromatic ring is 1. The van der Waals surface area contributed by atoms with Crippen LogP contribution in [0, 0.1) is 0 Å². The molecule has 3 heteroatoms. The van der Waals surface area contributed by atoms with Crippen molar-refractivity contribution in [2.45, 2.75) is 42.2 Å². The zero-order valence-electron chi connectivity index (χ0n) is 10.4. The molecule has 0 saturated heterocycles. The average Bonchev–Trinajstić information content (AvgIpc) is 2.43. The highest BCUT2D eigenvalue weighted by atomic mass is 32.2. The summed E-state index contributed by atoms with van der Waals surface area (Å²) in [6.07, 6.45) is 8.60. The number of nitrogens with zero attached hydrogens (tertiary/aromatic N) is 1. The van der Waals surface area contributed by atoms with E-state index in [1.54, 1.807) is 0 Å². The first kappa shape index (κ1) is 11.8. The first-order valence-electron chi connectivity index (χ1n) is 6.64. The summed E-state index contributed by atoms with van der Waals surface area (Å²) >= 11 is 1.95. The molecule has 1 saturated carbocycles. The monoisotopic (exact) mass is 258 g/mol. The lowest BCUT2D eigenvalue weighted by Crippen LogP contribution is -2.08. The molecule has 0 radical (unpaired) electrons. The van der Waals surface area contributed by atoms with Gasteiger partial charge in [0.05, 0.1) is 11.2 Å². The lowest BCUT2D eigenvalue weighted by molar-refractivity contribution is 0.516. The van der Waals surface area contributed by atoms with Crippen molar-refractivity contribution in [2.24, 2.45) is 0 Å². The maximum Gasteiger partial charge on any atom is 0.0723 e. The van der Waals surface area contributed by atoms with Crippen molar-refractivity contribution >= 4 is 28.4 Å². The van der Waals surface area contributed by atoms with Gasteiger partial charge in [0.15, 0.2) is 0 Å². The number of rotatable bonds is 2. The van der Waals surface area contributed by atoms with Crippen molar-refractivity contribution in [1.82, 2.24) is 4.98 Å². The third-order valence-corrected chi connectivity index (χ3v) is 5.05. The van der Waals surface area contributed by atoms with E-state index < -0.39 is 0 Å². The molecule has 1 aliphatic rings. The van der Waals surface area contributed by atoms with Gasteiger partial charge >= 0.3 is 0 Å². The molecule has 0 unspecified atom stereocenters. The van der Waals surface area contributed by atoms with Gasteiger partial charge < -0.3 is 5.73 Å². The molecule has 3 rings (SSSR count). The van der Waals surface area contributed by atoms with E-state index in [1.165, 1.54) is 37.0 Å². The highest BCUT2D eigenvalue weighted by Crippen LogP contribution is 2.38. The number of hydrogen-bond donors (Lipinski definition) is 1. The number of anilines is 1. The van der Waals surface area contributed by atoms with Gasteiger partial charge in [0.25, 0.3) is 0 Å². The van der Waals surface area contributed by atoms with Crippen LogP contribution in [0.1, 0.15) is 32.1 Å². The Morgan fingerprint density at radius 3 is 2.78 bits per heavy atom. The summed E-state index contributed by atoms with van der Waals surface area (Å²) in [6.45, 7) is 0. The number of benzene rings is 1. The largest absolute Gasteiger partial charge is 0.397 e. The number of hydrogen-bond acceptors (Lipinski definition) is 3. The van der Waals surface area contributed by atoms with Crippen LogP contribution in [-0.4, -0.2) is 10.2 Å². The van der Waals surface area contributed by atoms with Crippen LogP contribution in [0.25, 0.3) is 10.9 Å². The SMILES string of the molecule is Nc1c(SC2CCCCC2)ccc2ncccc12. The quantitative estimate of drug-likeness (QED) is 0.819. The summed E-state index contributed by atoms with van der Waals surface area (Å²) in [5.41, 5.74) is 8.16. The Kier molecular flexibility index (Phi) is 3.41. The Bertz CT molecular complexity index is 547. The van der Waals surface area contributed by atoms with E-state index in [4.69, 9.17) is 5.73 Å². The average molecular weight is 258 g/mol. The summed E-state index contributed by atoms with van der Waals surface area (Å²) in [5.74, 6) is 0. The van der Waals surface area contributed by atoms with Crippen molar-refractivity contribution in [3.05, 3.63) is 30.5 Å². The Morgan fingerprint density at radius 2 is 1.94 bits per heavy atom. The second-order valence-corrected chi connectivity index (χ2v) is 6.27. The fraction of sp³-hybridized carbons (Fsp3) is 0.400. The first-order valence-corrected chi connectivity index (χ1v) is 7.52. The second kappa shape index (κ2) is 5.19. The summed E-state index contributed by atoms with van der Waals surface area (Å²) in [5, 5.41) is 1.83. The fourth-order valence-corrected chi connectivity index (χ4v) is 3.93. The van der Waals surface area contributed by atoms with E-state index >= 15 is 0 Å². The molecule has 1 heterocycles. The normalized spacial score (nSPS) is 17.1. The maximum atomic E-state index is 6.28. The molecule has 0 aliphatic heterocycles. The van der Waals surface area contributed by atoms with E-state index in [-0.39, 0.29) is 0 Å². The van der Waals surface area contributed by atoms with Crippen molar-refractivity contribution < 1.29 is 0 Å². The van der Waals surface area contributed by atoms with E-state index in [9.17, 15) is 0 Å². The highest BCUT2D eigenvalue weighted by Gasteiger charge is 2.16. The summed E-state index contributed by atoms with van der Waals surface area (Å²) in [7, 11) is 0. The number of aromatic nitrogens is 1. The molecule has 1 aromatic carbocycles. The van der Waals surface area contributed by atoms with Gasteiger partial charge in [-0.2, -0.15) is 0 Å². The summed E-state index contributed by atoms with van der Waals surface area (Å²) in [4.78, 5) is 5.57. The number of thioether (sulfide) groups is 1. The Balaban J connectivity index is 1.89. The molecule has 18 heavy (non-hydrogen) atoms. The molecule has 1 aliphatic carbocycles. The van der Waals surface area contributed by atoms with E-state index in [0.717, 1.165) is 21.8 Å². The maximum absolute atomic E-state index is 6.28. The van der Waals surface area contributed by atoms with E-state index in [1.807, 2.05) is 24.0 Å². The smallest absolute Gasteiger partial charge is 0.0723 e. The van der Waals surface area contributed by atoms with E-state index in [0.29, 0.717) is 0 Å². The molecular weight excluding hydrogens is 240 g/mol. The van der Waals surface area contributed by atoms with Crippen molar-refractivity contribution in [2.75, 3.05) is 5.73 Å². The fourth-order valence-electron chi connectivity index (χ4n) is 2.62. The first-order chi connectivity index (χ1) is 8.84. The Hall–Kier alpha value is -1.22. The van der Waals surface area contributed by atoms with Crippen LogP contribution in [-0.2, 0) is 0 Å². The minimum atomic E-state index is 0.746. The van der Waals surface area contributed by atoms with Gasteiger partial charge in [-0.15, -0.1) is 11.8 Å². The minimum absolute atomic E-state index is 0.746. The number of nitrogens with two attached hydrogens (primary N) is 1. The number of fused-ring (bicyclic) bond motifs is 1. The minimum Gasteiger partial charge on any atom is -0.397 e.